The van der Waals surface area contributed by atoms with Crippen LogP contribution in [0.3, 0.4) is 0 Å². The zero-order valence-corrected chi connectivity index (χ0v) is 11.9. The molecule has 1 atom stereocenters. The van der Waals surface area contributed by atoms with Gasteiger partial charge >= 0.3 is 0 Å². The third-order valence-corrected chi connectivity index (χ3v) is 4.24. The van der Waals surface area contributed by atoms with Crippen molar-refractivity contribution < 1.29 is 9.13 Å². The molecule has 2 aromatic carbocycles. The van der Waals surface area contributed by atoms with Crippen LogP contribution in [-0.2, 0) is 16.6 Å². The lowest BCUT2D eigenvalue weighted by Crippen LogP contribution is -2.01. The van der Waals surface area contributed by atoms with Gasteiger partial charge in [0.25, 0.3) is 5.69 Å². The van der Waals surface area contributed by atoms with Crippen molar-refractivity contribution in [2.24, 2.45) is 0 Å². The second kappa shape index (κ2) is 6.02. The number of hydrogen-bond acceptors (Lipinski definition) is 4. The van der Waals surface area contributed by atoms with Crippen molar-refractivity contribution in [2.75, 3.05) is 5.73 Å². The lowest BCUT2D eigenvalue weighted by molar-refractivity contribution is -0.385. The maximum atomic E-state index is 12.2. The summed E-state index contributed by atoms with van der Waals surface area (Å²) in [5.74, 6) is 0.0386. The molecule has 0 amide bonds. The highest BCUT2D eigenvalue weighted by Gasteiger charge is 2.17. The summed E-state index contributed by atoms with van der Waals surface area (Å²) in [7, 11) is -1.41. The SMILES string of the molecule is Nc1cccc(S(=O)Cc2ccc(Cl)cc2[N+](=O)[O-])c1. The van der Waals surface area contributed by atoms with E-state index in [-0.39, 0.29) is 16.5 Å². The molecule has 0 saturated heterocycles. The Kier molecular flexibility index (Phi) is 4.36. The Morgan fingerprint density at radius 2 is 2.00 bits per heavy atom. The fourth-order valence-electron chi connectivity index (χ4n) is 1.71. The molecule has 0 aliphatic carbocycles. The standard InChI is InChI=1S/C13H11ClN2O3S/c14-10-5-4-9(13(6-10)16(17)18)8-20(19)12-3-1-2-11(15)7-12/h1-7H,8,15H2. The van der Waals surface area contributed by atoms with Gasteiger partial charge in [-0.2, -0.15) is 0 Å². The number of anilines is 1. The molecular formula is C13H11ClN2O3S. The zero-order valence-electron chi connectivity index (χ0n) is 10.3. The molecule has 7 heteroatoms. The molecule has 2 rings (SSSR count). The smallest absolute Gasteiger partial charge is 0.275 e. The van der Waals surface area contributed by atoms with E-state index in [0.29, 0.717) is 16.1 Å². The normalized spacial score (nSPS) is 12.1. The van der Waals surface area contributed by atoms with E-state index in [9.17, 15) is 14.3 Å². The number of nitrogens with zero attached hydrogens (tertiary/aromatic N) is 1. The first-order valence-electron chi connectivity index (χ1n) is 5.64. The van der Waals surface area contributed by atoms with E-state index in [0.717, 1.165) is 0 Å². The number of benzene rings is 2. The Labute approximate surface area is 123 Å². The topological polar surface area (TPSA) is 86.2 Å². The first kappa shape index (κ1) is 14.5. The number of nitrogens with two attached hydrogens (primary N) is 1. The van der Waals surface area contributed by atoms with Gasteiger partial charge in [-0.05, 0) is 30.3 Å². The molecule has 5 nitrogen and oxygen atoms in total. The third-order valence-electron chi connectivity index (χ3n) is 2.65. The van der Waals surface area contributed by atoms with Crippen molar-refractivity contribution in [3.05, 3.63) is 63.2 Å². The first-order chi connectivity index (χ1) is 9.47. The molecule has 2 N–H and O–H groups in total. The molecular weight excluding hydrogens is 300 g/mol. The molecule has 2 aromatic rings. The average Bonchev–Trinajstić information content (AvgIpc) is 2.40. The highest BCUT2D eigenvalue weighted by Crippen LogP contribution is 2.26. The van der Waals surface area contributed by atoms with Crippen molar-refractivity contribution in [2.45, 2.75) is 10.6 Å². The summed E-state index contributed by atoms with van der Waals surface area (Å²) < 4.78 is 12.2. The summed E-state index contributed by atoms with van der Waals surface area (Å²) in [6.45, 7) is 0. The van der Waals surface area contributed by atoms with Crippen molar-refractivity contribution in [1.82, 2.24) is 0 Å². The van der Waals surface area contributed by atoms with Crippen molar-refractivity contribution in [3.8, 4) is 0 Å². The Morgan fingerprint density at radius 3 is 2.65 bits per heavy atom. The lowest BCUT2D eigenvalue weighted by Gasteiger charge is -2.05. The summed E-state index contributed by atoms with van der Waals surface area (Å²) in [5, 5.41) is 11.2. The van der Waals surface area contributed by atoms with Crippen LogP contribution in [0.2, 0.25) is 5.02 Å². The van der Waals surface area contributed by atoms with Gasteiger partial charge in [0.1, 0.15) is 0 Å². The van der Waals surface area contributed by atoms with Crippen LogP contribution in [0.5, 0.6) is 0 Å². The molecule has 20 heavy (non-hydrogen) atoms. The van der Waals surface area contributed by atoms with Crippen LogP contribution in [0.25, 0.3) is 0 Å². The third kappa shape index (κ3) is 3.34. The fraction of sp³-hybridized carbons (Fsp3) is 0.0769. The van der Waals surface area contributed by atoms with Crippen LogP contribution in [0.1, 0.15) is 5.56 Å². The van der Waals surface area contributed by atoms with Crippen LogP contribution < -0.4 is 5.73 Å². The number of nitro groups is 1. The summed E-state index contributed by atoms with van der Waals surface area (Å²) in [6, 6.07) is 11.0. The maximum absolute atomic E-state index is 12.2. The van der Waals surface area contributed by atoms with Crippen molar-refractivity contribution in [1.29, 1.82) is 0 Å². The van der Waals surface area contributed by atoms with Crippen molar-refractivity contribution in [3.63, 3.8) is 0 Å². The molecule has 0 fully saturated rings. The van der Waals surface area contributed by atoms with Gasteiger partial charge in [0.05, 0.1) is 21.5 Å². The largest absolute Gasteiger partial charge is 0.399 e. The number of nitrogen functional groups attached to an aromatic ring is 1. The summed E-state index contributed by atoms with van der Waals surface area (Å²) in [4.78, 5) is 11.0. The van der Waals surface area contributed by atoms with Gasteiger partial charge in [0.2, 0.25) is 0 Å². The molecule has 0 bridgehead atoms. The molecule has 0 aliphatic rings. The molecule has 0 radical (unpaired) electrons. The summed E-state index contributed by atoms with van der Waals surface area (Å²) >= 11 is 5.74. The highest BCUT2D eigenvalue weighted by atomic mass is 35.5. The zero-order chi connectivity index (χ0) is 14.7. The van der Waals surface area contributed by atoms with E-state index in [2.05, 4.69) is 0 Å². The summed E-state index contributed by atoms with van der Waals surface area (Å²) in [6.07, 6.45) is 0. The lowest BCUT2D eigenvalue weighted by atomic mass is 10.2. The molecule has 0 aliphatic heterocycles. The number of nitro benzene ring substituents is 1. The van der Waals surface area contributed by atoms with E-state index < -0.39 is 15.7 Å². The van der Waals surface area contributed by atoms with E-state index in [1.807, 2.05) is 0 Å². The molecule has 0 aromatic heterocycles. The Balaban J connectivity index is 2.30. The molecule has 0 heterocycles. The first-order valence-corrected chi connectivity index (χ1v) is 7.34. The van der Waals surface area contributed by atoms with Gasteiger partial charge in [0, 0.05) is 27.2 Å². The monoisotopic (exact) mass is 310 g/mol. The van der Waals surface area contributed by atoms with Crippen LogP contribution >= 0.6 is 11.6 Å². The quantitative estimate of drug-likeness (QED) is 0.534. The number of halogens is 1. The highest BCUT2D eigenvalue weighted by molar-refractivity contribution is 7.84. The van der Waals surface area contributed by atoms with E-state index >= 15 is 0 Å². The second-order valence-corrected chi connectivity index (χ2v) is 5.98. The van der Waals surface area contributed by atoms with E-state index in [1.165, 1.54) is 12.1 Å². The minimum absolute atomic E-state index is 0.0386. The second-order valence-electron chi connectivity index (χ2n) is 4.09. The van der Waals surface area contributed by atoms with Gasteiger partial charge < -0.3 is 5.73 Å². The number of hydrogen-bond donors (Lipinski definition) is 1. The van der Waals surface area contributed by atoms with Gasteiger partial charge in [-0.15, -0.1) is 0 Å². The predicted octanol–water partition coefficient (Wildman–Crippen LogP) is 3.14. The minimum atomic E-state index is -1.41. The fourth-order valence-corrected chi connectivity index (χ4v) is 3.07. The van der Waals surface area contributed by atoms with Crippen LogP contribution in [0, 0.1) is 10.1 Å². The van der Waals surface area contributed by atoms with Gasteiger partial charge in [-0.25, -0.2) is 0 Å². The van der Waals surface area contributed by atoms with E-state index in [4.69, 9.17) is 17.3 Å². The Hall–Kier alpha value is -1.92. The van der Waals surface area contributed by atoms with Gasteiger partial charge in [-0.1, -0.05) is 17.7 Å². The molecule has 0 saturated carbocycles. The van der Waals surface area contributed by atoms with Crippen LogP contribution in [0.4, 0.5) is 11.4 Å². The van der Waals surface area contributed by atoms with Gasteiger partial charge in [0.15, 0.2) is 0 Å². The predicted molar refractivity (Wildman–Crippen MR) is 79.1 cm³/mol. The maximum Gasteiger partial charge on any atom is 0.275 e. The van der Waals surface area contributed by atoms with E-state index in [1.54, 1.807) is 30.3 Å². The van der Waals surface area contributed by atoms with Crippen molar-refractivity contribution >= 4 is 33.8 Å². The minimum Gasteiger partial charge on any atom is -0.399 e. The Bertz CT molecular complexity index is 691. The number of rotatable bonds is 4. The van der Waals surface area contributed by atoms with Gasteiger partial charge in [-0.3, -0.25) is 14.3 Å². The summed E-state index contributed by atoms with van der Waals surface area (Å²) in [5.41, 5.74) is 6.37. The molecule has 0 spiro atoms. The van der Waals surface area contributed by atoms with Crippen LogP contribution in [-0.4, -0.2) is 9.13 Å². The van der Waals surface area contributed by atoms with Crippen LogP contribution in [0.15, 0.2) is 47.4 Å². The Morgan fingerprint density at radius 1 is 1.25 bits per heavy atom. The molecule has 1 unspecified atom stereocenters. The molecule has 104 valence electrons. The average molecular weight is 311 g/mol.